The molecule has 4 aromatic carbocycles. The molecule has 0 amide bonds. The number of rotatable bonds is 9. The Kier molecular flexibility index (Phi) is 14.9. The van der Waals surface area contributed by atoms with E-state index in [4.69, 9.17) is 9.47 Å². The van der Waals surface area contributed by atoms with Crippen molar-refractivity contribution in [2.24, 2.45) is 0 Å². The van der Waals surface area contributed by atoms with E-state index in [1.54, 1.807) is 13.8 Å². The summed E-state index contributed by atoms with van der Waals surface area (Å²) >= 11 is 0. The normalized spacial score (nSPS) is 9.66. The molecular weight excluding hydrogens is 532 g/mol. The van der Waals surface area contributed by atoms with Gasteiger partial charge >= 0.3 is 11.9 Å². The third-order valence-electron chi connectivity index (χ3n) is 5.15. The Balaban J connectivity index is 0.000000239. The summed E-state index contributed by atoms with van der Waals surface area (Å²) in [5, 5.41) is 0. The van der Waals surface area contributed by atoms with Crippen molar-refractivity contribution < 1.29 is 23.8 Å². The Morgan fingerprint density at radius 1 is 0.585 bits per heavy atom. The highest BCUT2D eigenvalue weighted by atomic mass is 32.2. The molecule has 0 N–H and O–H groups in total. The van der Waals surface area contributed by atoms with Crippen molar-refractivity contribution in [1.29, 1.82) is 0 Å². The smallest absolute Gasteiger partial charge is 0.333 e. The van der Waals surface area contributed by atoms with Gasteiger partial charge in [-0.3, -0.25) is 0 Å². The van der Waals surface area contributed by atoms with Gasteiger partial charge in [-0.1, -0.05) is 86.0 Å². The molecule has 0 aromatic heterocycles. The summed E-state index contributed by atoms with van der Waals surface area (Å²) in [6.07, 6.45) is 0. The monoisotopic (exact) mass is 569 g/mol. The minimum atomic E-state index is -0.383. The number of ether oxygens (including phenoxy) is 3. The van der Waals surface area contributed by atoms with E-state index in [2.05, 4.69) is 109 Å². The number of carbonyl (C=O) groups excluding carboxylic acids is 2. The van der Waals surface area contributed by atoms with E-state index in [9.17, 15) is 9.59 Å². The molecule has 0 heterocycles. The quantitative estimate of drug-likeness (QED) is 0.0895. The Bertz CT molecular complexity index is 1250. The summed E-state index contributed by atoms with van der Waals surface area (Å²) < 4.78 is 14.5. The van der Waals surface area contributed by atoms with Crippen molar-refractivity contribution in [3.8, 4) is 5.75 Å². The molecule has 0 saturated heterocycles. The molecule has 6 heteroatoms. The summed E-state index contributed by atoms with van der Waals surface area (Å²) in [4.78, 5) is 25.2. The minimum absolute atomic E-state index is 0.0146. The van der Waals surface area contributed by atoms with Crippen LogP contribution in [0.2, 0.25) is 0 Å². The number of para-hydroxylation sites is 1. The zero-order chi connectivity index (χ0) is 29.9. The van der Waals surface area contributed by atoms with Gasteiger partial charge in [-0.15, -0.1) is 0 Å². The molecule has 5 nitrogen and oxygen atoms in total. The molecule has 212 valence electrons. The van der Waals surface area contributed by atoms with Crippen LogP contribution in [0.5, 0.6) is 5.75 Å². The number of hydrogen-bond donors (Lipinski definition) is 0. The second-order valence-corrected chi connectivity index (χ2v) is 10.6. The van der Waals surface area contributed by atoms with Gasteiger partial charge in [0.1, 0.15) is 19.0 Å². The van der Waals surface area contributed by atoms with E-state index < -0.39 is 0 Å². The van der Waals surface area contributed by atoms with Gasteiger partial charge in [0.05, 0.1) is 18.0 Å². The van der Waals surface area contributed by atoms with E-state index in [0.717, 1.165) is 5.75 Å². The number of methoxy groups -OCH3 is 1. The molecule has 0 spiro atoms. The van der Waals surface area contributed by atoms with Crippen LogP contribution < -0.4 is 4.74 Å². The van der Waals surface area contributed by atoms with Crippen LogP contribution in [0.3, 0.4) is 0 Å². The van der Waals surface area contributed by atoms with Gasteiger partial charge in [0.2, 0.25) is 0 Å². The van der Waals surface area contributed by atoms with Crippen molar-refractivity contribution >= 4 is 22.8 Å². The lowest BCUT2D eigenvalue weighted by Crippen LogP contribution is -2.12. The summed E-state index contributed by atoms with van der Waals surface area (Å²) in [6.45, 7) is 10.6. The molecule has 0 radical (unpaired) electrons. The van der Waals surface area contributed by atoms with Crippen molar-refractivity contribution in [2.45, 2.75) is 28.5 Å². The Morgan fingerprint density at radius 3 is 1.27 bits per heavy atom. The number of hydrogen-bond acceptors (Lipinski definition) is 5. The van der Waals surface area contributed by atoms with Crippen molar-refractivity contribution in [1.82, 2.24) is 0 Å². The highest BCUT2D eigenvalue weighted by molar-refractivity contribution is 7.97. The number of esters is 2. The molecular formula is C35H37O5S+. The summed E-state index contributed by atoms with van der Waals surface area (Å²) in [6, 6.07) is 41.5. The van der Waals surface area contributed by atoms with Gasteiger partial charge in [-0.25, -0.2) is 9.59 Å². The van der Waals surface area contributed by atoms with E-state index in [-0.39, 0.29) is 29.4 Å². The molecule has 0 bridgehead atoms. The predicted molar refractivity (Wildman–Crippen MR) is 166 cm³/mol. The first-order valence-corrected chi connectivity index (χ1v) is 14.2. The van der Waals surface area contributed by atoms with Crippen LogP contribution in [-0.2, 0) is 30.0 Å². The van der Waals surface area contributed by atoms with Gasteiger partial charge < -0.3 is 14.2 Å². The van der Waals surface area contributed by atoms with E-state index in [0.29, 0.717) is 17.8 Å². The first-order chi connectivity index (χ1) is 19.8. The first kappa shape index (κ1) is 32.7. The molecule has 0 unspecified atom stereocenters. The lowest BCUT2D eigenvalue weighted by molar-refractivity contribution is -0.139. The standard InChI is InChI=1S/C18H15S.C12H14O3.C5H8O2/c1-4-10-16(11-5-1)19(17-12-6-2-7-13-17)18-14-8-3-9-15-18;1-10(2)12(13)15-9-8-14-11-6-4-3-5-7-11;1-4(2)5(6)7-3/h1-15H;3-7H,1,8-9H2,2H3;1H2,2-3H3/q+1;;. The lowest BCUT2D eigenvalue weighted by Gasteiger charge is -2.07. The molecule has 4 aromatic rings. The molecule has 0 atom stereocenters. The second-order valence-electron chi connectivity index (χ2n) is 8.60. The second kappa shape index (κ2) is 18.7. The fourth-order valence-corrected chi connectivity index (χ4v) is 5.29. The average Bonchev–Trinajstić information content (AvgIpc) is 3.01. The van der Waals surface area contributed by atoms with Gasteiger partial charge in [-0.05, 0) is 62.4 Å². The summed E-state index contributed by atoms with van der Waals surface area (Å²) in [5.41, 5.74) is 0.831. The van der Waals surface area contributed by atoms with Crippen LogP contribution in [0.4, 0.5) is 0 Å². The predicted octanol–water partition coefficient (Wildman–Crippen LogP) is 7.70. The van der Waals surface area contributed by atoms with Crippen molar-refractivity contribution in [2.75, 3.05) is 20.3 Å². The fraction of sp³-hybridized carbons (Fsp3) is 0.143. The molecule has 41 heavy (non-hydrogen) atoms. The average molecular weight is 570 g/mol. The zero-order valence-corrected chi connectivity index (χ0v) is 24.6. The maximum Gasteiger partial charge on any atom is 0.333 e. The third-order valence-corrected chi connectivity index (χ3v) is 7.38. The maximum absolute atomic E-state index is 11.0. The zero-order valence-electron chi connectivity index (χ0n) is 23.8. The van der Waals surface area contributed by atoms with Crippen LogP contribution in [0, 0.1) is 0 Å². The summed E-state index contributed by atoms with van der Waals surface area (Å²) in [7, 11) is 1.32. The van der Waals surface area contributed by atoms with Gasteiger partial charge in [-0.2, -0.15) is 0 Å². The highest BCUT2D eigenvalue weighted by Gasteiger charge is 2.27. The molecule has 0 aliphatic rings. The largest absolute Gasteiger partial charge is 0.490 e. The number of benzene rings is 4. The van der Waals surface area contributed by atoms with Crippen LogP contribution in [0.1, 0.15) is 13.8 Å². The van der Waals surface area contributed by atoms with E-state index >= 15 is 0 Å². The van der Waals surface area contributed by atoms with E-state index in [1.807, 2.05) is 30.3 Å². The van der Waals surface area contributed by atoms with Crippen LogP contribution in [0.25, 0.3) is 0 Å². The third kappa shape index (κ3) is 12.4. The fourth-order valence-electron chi connectivity index (χ4n) is 3.19. The molecule has 0 aliphatic heterocycles. The maximum atomic E-state index is 11.0. The molecule has 0 aliphatic carbocycles. The first-order valence-electron chi connectivity index (χ1n) is 13.0. The number of carbonyl (C=O) groups is 2. The van der Waals surface area contributed by atoms with Crippen molar-refractivity contribution in [3.05, 3.63) is 146 Å². The lowest BCUT2D eigenvalue weighted by atomic mass is 10.3. The highest BCUT2D eigenvalue weighted by Crippen LogP contribution is 2.30. The molecule has 0 fully saturated rings. The Labute approximate surface area is 246 Å². The van der Waals surface area contributed by atoms with Crippen LogP contribution in [-0.4, -0.2) is 32.3 Å². The van der Waals surface area contributed by atoms with Gasteiger partial charge in [0, 0.05) is 11.1 Å². The summed E-state index contributed by atoms with van der Waals surface area (Å²) in [5.74, 6) is 0.0375. The van der Waals surface area contributed by atoms with E-state index in [1.165, 1.54) is 21.8 Å². The minimum Gasteiger partial charge on any atom is -0.490 e. The van der Waals surface area contributed by atoms with Crippen LogP contribution in [0.15, 0.2) is 160 Å². The van der Waals surface area contributed by atoms with Gasteiger partial charge in [0.25, 0.3) is 0 Å². The Morgan fingerprint density at radius 2 is 0.951 bits per heavy atom. The van der Waals surface area contributed by atoms with Crippen molar-refractivity contribution in [3.63, 3.8) is 0 Å². The SMILES string of the molecule is C=C(C)C(=O)OC.C=C(C)C(=O)OCCOc1ccccc1.c1ccc([S+](c2ccccc2)c2ccccc2)cc1. The molecule has 0 saturated carbocycles. The Hall–Kier alpha value is -4.55. The van der Waals surface area contributed by atoms with Crippen LogP contribution >= 0.6 is 0 Å². The van der Waals surface area contributed by atoms with Gasteiger partial charge in [0.15, 0.2) is 14.7 Å². The topological polar surface area (TPSA) is 61.8 Å². The molecule has 4 rings (SSSR count).